The summed E-state index contributed by atoms with van der Waals surface area (Å²) in [5.74, 6) is -4.73. The maximum atomic E-state index is 14.7. The summed E-state index contributed by atoms with van der Waals surface area (Å²) in [7, 11) is 2.82. The van der Waals surface area contributed by atoms with Crippen molar-refractivity contribution in [1.29, 1.82) is 0 Å². The normalized spacial score (nSPS) is 17.5. The molecule has 2 atom stereocenters. The number of nitrogens with one attached hydrogen (secondary N) is 1. The molecule has 12 nitrogen and oxygen atoms in total. The van der Waals surface area contributed by atoms with Crippen molar-refractivity contribution in [2.45, 2.75) is 46.1 Å². The number of aryl methyl sites for hydroxylation is 1. The van der Waals surface area contributed by atoms with E-state index in [1.165, 1.54) is 38.5 Å². The van der Waals surface area contributed by atoms with Crippen molar-refractivity contribution in [3.63, 3.8) is 0 Å². The van der Waals surface area contributed by atoms with Crippen LogP contribution in [0.25, 0.3) is 0 Å². The van der Waals surface area contributed by atoms with Gasteiger partial charge >= 0.3 is 12.1 Å². The number of ether oxygens (including phenoxy) is 4. The molecule has 1 heterocycles. The zero-order chi connectivity index (χ0) is 35.9. The van der Waals surface area contributed by atoms with Gasteiger partial charge in [0.05, 0.1) is 11.6 Å². The summed E-state index contributed by atoms with van der Waals surface area (Å²) in [5, 5.41) is 15.5. The van der Waals surface area contributed by atoms with Crippen molar-refractivity contribution >= 4 is 23.8 Å². The number of quaternary nitrogens is 1. The molecule has 1 fully saturated rings. The second-order valence-corrected chi connectivity index (χ2v) is 11.7. The van der Waals surface area contributed by atoms with Crippen LogP contribution in [0.2, 0.25) is 0 Å². The molecule has 3 aromatic carbocycles. The average Bonchev–Trinajstić information content (AvgIpc) is 3.28. The molecule has 0 saturated carbocycles. The Kier molecular flexibility index (Phi) is 12.0. The maximum absolute atomic E-state index is 14.7. The van der Waals surface area contributed by atoms with Crippen molar-refractivity contribution in [3.05, 3.63) is 93.0 Å². The number of rotatable bonds is 11. The number of likely N-dealkylation sites (tertiary alicyclic amines) is 1. The van der Waals surface area contributed by atoms with E-state index in [0.29, 0.717) is 41.7 Å². The fourth-order valence-electron chi connectivity index (χ4n) is 5.73. The number of ketones is 1. The van der Waals surface area contributed by atoms with Crippen LogP contribution in [0.5, 0.6) is 11.5 Å². The standard InChI is InChI=1S/C35H38F2N2O10/c1-20-16-28(48-19-46-5)21(2)22(3)29(20)33(41)38-25-8-6-7-15-39(17-25,35(43)44)49-34(42)24-11-9-23(10-12-24)32(40)30-27(47-18-45-4)14-13-26(36)31(30)37/h9-14,16,25H,6-8,15,17-19H2,1-5H3,(H-,38,41,43,44). The van der Waals surface area contributed by atoms with Crippen LogP contribution in [-0.4, -0.2) is 75.3 Å². The van der Waals surface area contributed by atoms with Crippen LogP contribution in [0, 0.1) is 32.4 Å². The van der Waals surface area contributed by atoms with Crippen molar-refractivity contribution in [2.24, 2.45) is 0 Å². The van der Waals surface area contributed by atoms with Crippen LogP contribution in [0.4, 0.5) is 13.6 Å². The molecule has 4 rings (SSSR count). The maximum Gasteiger partial charge on any atom is 0.398 e. The zero-order valence-electron chi connectivity index (χ0n) is 27.9. The first-order chi connectivity index (χ1) is 23.3. The van der Waals surface area contributed by atoms with Gasteiger partial charge in [-0.25, -0.2) is 13.6 Å². The van der Waals surface area contributed by atoms with Gasteiger partial charge in [0.25, 0.3) is 5.91 Å². The van der Waals surface area contributed by atoms with E-state index in [1.807, 2.05) is 6.92 Å². The number of nitrogens with zero attached hydrogens (tertiary/aromatic N) is 1. The Morgan fingerprint density at radius 3 is 2.12 bits per heavy atom. The highest BCUT2D eigenvalue weighted by Crippen LogP contribution is 2.30. The quantitative estimate of drug-likeness (QED) is 0.176. The molecule has 2 amide bonds. The molecule has 1 saturated heterocycles. The molecule has 1 aliphatic rings. The number of hydrogen-bond donors (Lipinski definition) is 1. The van der Waals surface area contributed by atoms with Gasteiger partial charge in [0.2, 0.25) is 0 Å². The fourth-order valence-corrected chi connectivity index (χ4v) is 5.73. The van der Waals surface area contributed by atoms with Gasteiger partial charge in [-0.2, -0.15) is 0 Å². The Hall–Kier alpha value is -4.92. The van der Waals surface area contributed by atoms with Crippen molar-refractivity contribution in [2.75, 3.05) is 40.9 Å². The highest BCUT2D eigenvalue weighted by Gasteiger charge is 2.42. The molecule has 0 radical (unpaired) electrons. The number of hydroxylamine groups is 3. The lowest BCUT2D eigenvalue weighted by atomic mass is 9.96. The summed E-state index contributed by atoms with van der Waals surface area (Å²) in [5.41, 5.74) is 1.61. The number of carboxylic acid groups (broad SMARTS) is 1. The minimum absolute atomic E-state index is 0.0397. The molecule has 262 valence electrons. The van der Waals surface area contributed by atoms with E-state index in [1.54, 1.807) is 19.9 Å². The summed E-state index contributed by atoms with van der Waals surface area (Å²) in [6.07, 6.45) is -0.350. The van der Waals surface area contributed by atoms with Gasteiger partial charge < -0.3 is 34.2 Å². The highest BCUT2D eigenvalue weighted by molar-refractivity contribution is 6.11. The molecule has 14 heteroatoms. The molecule has 2 unspecified atom stereocenters. The summed E-state index contributed by atoms with van der Waals surface area (Å²) >= 11 is 0. The van der Waals surface area contributed by atoms with Gasteiger partial charge in [-0.05, 0) is 80.6 Å². The molecule has 0 spiro atoms. The Bertz CT molecular complexity index is 1730. The minimum atomic E-state index is -1.67. The molecule has 0 aliphatic carbocycles. The number of halogens is 2. The van der Waals surface area contributed by atoms with E-state index in [4.69, 9.17) is 23.8 Å². The van der Waals surface area contributed by atoms with E-state index >= 15 is 0 Å². The lowest BCUT2D eigenvalue weighted by molar-refractivity contribution is -1.04. The Morgan fingerprint density at radius 2 is 1.49 bits per heavy atom. The Balaban J connectivity index is 1.53. The van der Waals surface area contributed by atoms with Crippen LogP contribution >= 0.6 is 0 Å². The van der Waals surface area contributed by atoms with Crippen molar-refractivity contribution in [3.8, 4) is 11.5 Å². The van der Waals surface area contributed by atoms with Gasteiger partial charge in [0, 0.05) is 31.8 Å². The van der Waals surface area contributed by atoms with Gasteiger partial charge in [-0.3, -0.25) is 14.4 Å². The van der Waals surface area contributed by atoms with E-state index in [2.05, 4.69) is 5.32 Å². The van der Waals surface area contributed by atoms with Crippen molar-refractivity contribution in [1.82, 2.24) is 5.32 Å². The third kappa shape index (κ3) is 8.21. The predicted molar refractivity (Wildman–Crippen MR) is 168 cm³/mol. The van der Waals surface area contributed by atoms with Gasteiger partial charge in [0.1, 0.15) is 30.2 Å². The molecular formula is C35H38F2N2O10. The lowest BCUT2D eigenvalue weighted by Gasteiger charge is -2.34. The topological polar surface area (TPSA) is 150 Å². The lowest BCUT2D eigenvalue weighted by Crippen LogP contribution is -2.63. The molecule has 0 aromatic heterocycles. The Morgan fingerprint density at radius 1 is 0.857 bits per heavy atom. The van der Waals surface area contributed by atoms with Crippen LogP contribution in [0.15, 0.2) is 42.5 Å². The summed E-state index contributed by atoms with van der Waals surface area (Å²) in [6.45, 7) is 4.67. The van der Waals surface area contributed by atoms with E-state index in [9.17, 15) is 33.1 Å². The summed E-state index contributed by atoms with van der Waals surface area (Å²) in [6, 6.07) is 7.71. The van der Waals surface area contributed by atoms with Gasteiger partial charge in [0.15, 0.2) is 31.0 Å². The van der Waals surface area contributed by atoms with Gasteiger partial charge in [-0.15, -0.1) is 0 Å². The summed E-state index contributed by atoms with van der Waals surface area (Å²) in [4.78, 5) is 58.1. The average molecular weight is 685 g/mol. The highest BCUT2D eigenvalue weighted by atomic mass is 19.2. The SMILES string of the molecule is COCOc1cc(C)c(C(=O)NC2CCCC[N+](OC(=O)c3ccc(C(=O)c4c(OCOC)ccc(F)c4F)cc3)(C(=O)[O-])C2)c(C)c1C. The third-order valence-electron chi connectivity index (χ3n) is 8.37. The molecule has 3 aromatic rings. The summed E-state index contributed by atoms with van der Waals surface area (Å²) < 4.78 is 48.1. The van der Waals surface area contributed by atoms with Crippen LogP contribution in [0.3, 0.4) is 0 Å². The first kappa shape index (κ1) is 36.9. The molecule has 0 bridgehead atoms. The molecule has 1 aliphatic heterocycles. The number of benzene rings is 3. The minimum Gasteiger partial charge on any atom is -0.495 e. The molecule has 1 N–H and O–H groups in total. The zero-order valence-corrected chi connectivity index (χ0v) is 27.9. The van der Waals surface area contributed by atoms with Crippen LogP contribution in [0.1, 0.15) is 72.6 Å². The monoisotopic (exact) mass is 684 g/mol. The number of methoxy groups -OCH3 is 2. The predicted octanol–water partition coefficient (Wildman–Crippen LogP) is 4.30. The van der Waals surface area contributed by atoms with Crippen molar-refractivity contribution < 1.29 is 61.5 Å². The number of carbonyl (C=O) groups excluding carboxylic acids is 4. The second-order valence-electron chi connectivity index (χ2n) is 11.7. The van der Waals surface area contributed by atoms with E-state index in [0.717, 1.165) is 17.7 Å². The first-order valence-corrected chi connectivity index (χ1v) is 15.4. The number of carbonyl (C=O) groups is 4. The van der Waals surface area contributed by atoms with Crippen LogP contribution in [-0.2, 0) is 14.3 Å². The van der Waals surface area contributed by atoms with Crippen LogP contribution < -0.4 is 19.9 Å². The molecular weight excluding hydrogens is 646 g/mol. The van der Waals surface area contributed by atoms with E-state index < -0.39 is 51.6 Å². The largest absolute Gasteiger partial charge is 0.495 e. The second kappa shape index (κ2) is 16.0. The third-order valence-corrected chi connectivity index (χ3v) is 8.37. The molecule has 49 heavy (non-hydrogen) atoms. The first-order valence-electron chi connectivity index (χ1n) is 15.4. The smallest absolute Gasteiger partial charge is 0.398 e. The Labute approximate surface area is 282 Å². The number of amides is 2. The number of hydrogen-bond acceptors (Lipinski definition) is 10. The van der Waals surface area contributed by atoms with Gasteiger partial charge in [-0.1, -0.05) is 16.8 Å². The fraction of sp³-hybridized carbons (Fsp3) is 0.371. The van der Waals surface area contributed by atoms with E-state index in [-0.39, 0.29) is 43.6 Å².